The van der Waals surface area contributed by atoms with E-state index >= 15 is 0 Å². The number of rotatable bonds is 4. The van der Waals surface area contributed by atoms with E-state index in [1.807, 2.05) is 7.05 Å². The summed E-state index contributed by atoms with van der Waals surface area (Å²) in [5.41, 5.74) is 0. The highest BCUT2D eigenvalue weighted by molar-refractivity contribution is 6.12. The van der Waals surface area contributed by atoms with Gasteiger partial charge in [0.05, 0.1) is 7.85 Å². The predicted molar refractivity (Wildman–Crippen MR) is 47.4 cm³/mol. The highest BCUT2D eigenvalue weighted by atomic mass is 14.8. The molecule has 2 heteroatoms. The van der Waals surface area contributed by atoms with Crippen molar-refractivity contribution in [2.45, 2.75) is 26.6 Å². The van der Waals surface area contributed by atoms with Crippen molar-refractivity contribution < 1.29 is 0 Å². The molecule has 0 spiro atoms. The smallest absolute Gasteiger partial charge is 0.0720 e. The largest absolute Gasteiger partial charge is 0.320 e. The molecule has 2 radical (unpaired) electrons. The molecule has 58 valence electrons. The molecule has 0 aromatic carbocycles. The fraction of sp³-hybridized carbons (Fsp3) is 1.00. The third kappa shape index (κ3) is 3.26. The van der Waals surface area contributed by atoms with E-state index in [2.05, 4.69) is 26.1 Å². The second-order valence-electron chi connectivity index (χ2n) is 3.32. The minimum atomic E-state index is 0.296. The van der Waals surface area contributed by atoms with Crippen LogP contribution >= 0.6 is 0 Å². The Hall–Kier alpha value is 0.0249. The lowest BCUT2D eigenvalue weighted by Crippen LogP contribution is -2.22. The van der Waals surface area contributed by atoms with Gasteiger partial charge in [-0.2, -0.15) is 0 Å². The van der Waals surface area contributed by atoms with E-state index in [-0.39, 0.29) is 0 Å². The van der Waals surface area contributed by atoms with Gasteiger partial charge in [0.25, 0.3) is 0 Å². The van der Waals surface area contributed by atoms with Gasteiger partial charge in [-0.3, -0.25) is 0 Å². The maximum absolute atomic E-state index is 5.87. The van der Waals surface area contributed by atoms with Crippen molar-refractivity contribution in [3.63, 3.8) is 0 Å². The SMILES string of the molecule is [B]C(CNC)C(C)C(C)C. The van der Waals surface area contributed by atoms with Gasteiger partial charge in [0, 0.05) is 0 Å². The summed E-state index contributed by atoms with van der Waals surface area (Å²) in [6.07, 6.45) is 0. The molecule has 0 aliphatic heterocycles. The first-order valence-electron chi connectivity index (χ1n) is 3.99. The first-order valence-corrected chi connectivity index (χ1v) is 3.99. The minimum Gasteiger partial charge on any atom is -0.320 e. The Morgan fingerprint density at radius 2 is 1.80 bits per heavy atom. The van der Waals surface area contributed by atoms with Crippen LogP contribution in [0, 0.1) is 11.8 Å². The number of nitrogens with one attached hydrogen (secondary N) is 1. The average molecular weight is 139 g/mol. The van der Waals surface area contributed by atoms with Crippen LogP contribution in [0.15, 0.2) is 0 Å². The highest BCUT2D eigenvalue weighted by Crippen LogP contribution is 2.21. The van der Waals surface area contributed by atoms with E-state index in [0.29, 0.717) is 17.7 Å². The molecule has 0 aromatic heterocycles. The van der Waals surface area contributed by atoms with Crippen molar-refractivity contribution in [1.29, 1.82) is 0 Å². The van der Waals surface area contributed by atoms with Crippen LogP contribution in [0.3, 0.4) is 0 Å². The topological polar surface area (TPSA) is 12.0 Å². The first kappa shape index (κ1) is 10.0. The van der Waals surface area contributed by atoms with Gasteiger partial charge in [0.2, 0.25) is 0 Å². The Morgan fingerprint density at radius 1 is 1.30 bits per heavy atom. The Bertz CT molecular complexity index is 83.3. The maximum atomic E-state index is 5.87. The third-order valence-corrected chi connectivity index (χ3v) is 2.17. The Labute approximate surface area is 66.0 Å². The molecule has 1 nitrogen and oxygen atoms in total. The average Bonchev–Trinajstić information content (AvgIpc) is 1.87. The van der Waals surface area contributed by atoms with Crippen molar-refractivity contribution in [3.8, 4) is 0 Å². The first-order chi connectivity index (χ1) is 4.59. The van der Waals surface area contributed by atoms with E-state index < -0.39 is 0 Å². The lowest BCUT2D eigenvalue weighted by atomic mass is 9.72. The summed E-state index contributed by atoms with van der Waals surface area (Å²) in [7, 11) is 7.80. The van der Waals surface area contributed by atoms with Gasteiger partial charge in [0.1, 0.15) is 0 Å². The molecular formula is C8H18BN. The molecule has 0 rings (SSSR count). The molecule has 10 heavy (non-hydrogen) atoms. The zero-order chi connectivity index (χ0) is 8.15. The molecule has 2 unspecified atom stereocenters. The van der Waals surface area contributed by atoms with Gasteiger partial charge in [-0.25, -0.2) is 0 Å². The van der Waals surface area contributed by atoms with Crippen molar-refractivity contribution in [1.82, 2.24) is 5.32 Å². The van der Waals surface area contributed by atoms with Crippen LogP contribution in [0.5, 0.6) is 0 Å². The molecule has 0 aliphatic rings. The second kappa shape index (κ2) is 4.78. The lowest BCUT2D eigenvalue weighted by Gasteiger charge is -2.23. The van der Waals surface area contributed by atoms with Crippen molar-refractivity contribution in [3.05, 3.63) is 0 Å². The van der Waals surface area contributed by atoms with Gasteiger partial charge in [-0.1, -0.05) is 26.6 Å². The monoisotopic (exact) mass is 139 g/mol. The van der Waals surface area contributed by atoms with E-state index in [0.717, 1.165) is 6.54 Å². The summed E-state index contributed by atoms with van der Waals surface area (Å²) in [4.78, 5) is 0. The van der Waals surface area contributed by atoms with Gasteiger partial charge >= 0.3 is 0 Å². The molecule has 0 amide bonds. The second-order valence-corrected chi connectivity index (χ2v) is 3.32. The molecule has 0 bridgehead atoms. The molecule has 0 saturated carbocycles. The zero-order valence-electron chi connectivity index (χ0n) is 7.52. The number of hydrogen-bond acceptors (Lipinski definition) is 1. The standard InChI is InChI=1S/C8H18BN/c1-6(2)7(3)8(9)5-10-4/h6-8,10H,5H2,1-4H3. The van der Waals surface area contributed by atoms with E-state index in [9.17, 15) is 0 Å². The highest BCUT2D eigenvalue weighted by Gasteiger charge is 2.13. The summed E-state index contributed by atoms with van der Waals surface area (Å²) < 4.78 is 0. The predicted octanol–water partition coefficient (Wildman–Crippen LogP) is 1.45. The molecule has 2 atom stereocenters. The van der Waals surface area contributed by atoms with E-state index in [1.165, 1.54) is 0 Å². The van der Waals surface area contributed by atoms with Crippen LogP contribution in [0.2, 0.25) is 5.82 Å². The third-order valence-electron chi connectivity index (χ3n) is 2.17. The molecule has 0 aliphatic carbocycles. The summed E-state index contributed by atoms with van der Waals surface area (Å²) in [5.74, 6) is 1.58. The Morgan fingerprint density at radius 3 is 2.10 bits per heavy atom. The minimum absolute atomic E-state index is 0.296. The van der Waals surface area contributed by atoms with Gasteiger partial charge < -0.3 is 5.32 Å². The molecule has 0 fully saturated rings. The summed E-state index contributed by atoms with van der Waals surface area (Å²) in [5, 5.41) is 3.08. The summed E-state index contributed by atoms with van der Waals surface area (Å²) in [6, 6.07) is 0. The van der Waals surface area contributed by atoms with Crippen molar-refractivity contribution >= 4 is 7.85 Å². The van der Waals surface area contributed by atoms with Crippen molar-refractivity contribution in [2.75, 3.05) is 13.6 Å². The Kier molecular flexibility index (Phi) is 4.79. The normalized spacial score (nSPS) is 17.3. The molecule has 0 heterocycles. The van der Waals surface area contributed by atoms with Crippen LogP contribution < -0.4 is 5.32 Å². The van der Waals surface area contributed by atoms with Crippen LogP contribution in [-0.4, -0.2) is 21.4 Å². The van der Waals surface area contributed by atoms with Gasteiger partial charge in [-0.05, 0) is 25.4 Å². The van der Waals surface area contributed by atoms with Crippen LogP contribution in [0.4, 0.5) is 0 Å². The molecular weight excluding hydrogens is 121 g/mol. The van der Waals surface area contributed by atoms with E-state index in [1.54, 1.807) is 0 Å². The molecule has 0 saturated heterocycles. The van der Waals surface area contributed by atoms with E-state index in [4.69, 9.17) is 7.85 Å². The van der Waals surface area contributed by atoms with Gasteiger partial charge in [-0.15, -0.1) is 0 Å². The van der Waals surface area contributed by atoms with Crippen LogP contribution in [0.1, 0.15) is 20.8 Å². The zero-order valence-corrected chi connectivity index (χ0v) is 7.52. The Balaban J connectivity index is 3.58. The number of hydrogen-bond donors (Lipinski definition) is 1. The molecule has 0 aromatic rings. The molecule has 1 N–H and O–H groups in total. The summed E-state index contributed by atoms with van der Waals surface area (Å²) >= 11 is 0. The van der Waals surface area contributed by atoms with Gasteiger partial charge in [0.15, 0.2) is 0 Å². The lowest BCUT2D eigenvalue weighted by molar-refractivity contribution is 0.389. The van der Waals surface area contributed by atoms with Crippen molar-refractivity contribution in [2.24, 2.45) is 11.8 Å². The summed E-state index contributed by atoms with van der Waals surface area (Å²) in [6.45, 7) is 7.53. The van der Waals surface area contributed by atoms with Crippen LogP contribution in [-0.2, 0) is 0 Å². The van der Waals surface area contributed by atoms with Crippen LogP contribution in [0.25, 0.3) is 0 Å². The fourth-order valence-electron chi connectivity index (χ4n) is 0.916. The fourth-order valence-corrected chi connectivity index (χ4v) is 0.916. The quantitative estimate of drug-likeness (QED) is 0.581. The maximum Gasteiger partial charge on any atom is 0.0720 e.